The van der Waals surface area contributed by atoms with Crippen LogP contribution in [0.1, 0.15) is 25.2 Å². The van der Waals surface area contributed by atoms with Gasteiger partial charge in [0.25, 0.3) is 0 Å². The van der Waals surface area contributed by atoms with Gasteiger partial charge in [-0.1, -0.05) is 5.16 Å². The van der Waals surface area contributed by atoms with E-state index in [0.717, 1.165) is 18.4 Å². The zero-order valence-electron chi connectivity index (χ0n) is 18.5. The summed E-state index contributed by atoms with van der Waals surface area (Å²) >= 11 is 0. The van der Waals surface area contributed by atoms with Gasteiger partial charge >= 0.3 is 0 Å². The molecule has 1 aromatic carbocycles. The molecule has 10 heteroatoms. The average molecular weight is 444 g/mol. The van der Waals surface area contributed by atoms with Crippen molar-refractivity contribution in [3.05, 3.63) is 24.1 Å². The molecule has 0 unspecified atom stereocenters. The highest BCUT2D eigenvalue weighted by molar-refractivity contribution is 5.79. The van der Waals surface area contributed by atoms with E-state index in [4.69, 9.17) is 14.0 Å². The molecule has 172 valence electrons. The Morgan fingerprint density at radius 3 is 2.56 bits per heavy atom. The number of hydrogen-bond acceptors (Lipinski definition) is 8. The summed E-state index contributed by atoms with van der Waals surface area (Å²) in [5, 5.41) is 7.02. The Balaban J connectivity index is 1.23. The Labute approximate surface area is 186 Å². The number of piperazine rings is 1. The molecule has 1 aromatic heterocycles. The maximum absolute atomic E-state index is 12.6. The first kappa shape index (κ1) is 22.1. The van der Waals surface area contributed by atoms with Crippen molar-refractivity contribution in [1.82, 2.24) is 25.3 Å². The van der Waals surface area contributed by atoms with Crippen LogP contribution >= 0.6 is 0 Å². The van der Waals surface area contributed by atoms with Crippen molar-refractivity contribution in [2.45, 2.75) is 31.7 Å². The number of methoxy groups -OCH3 is 2. The van der Waals surface area contributed by atoms with Crippen LogP contribution in [0.3, 0.4) is 0 Å². The van der Waals surface area contributed by atoms with E-state index in [9.17, 15) is 9.59 Å². The van der Waals surface area contributed by atoms with E-state index in [1.54, 1.807) is 26.4 Å². The minimum atomic E-state index is 0.0537. The van der Waals surface area contributed by atoms with Gasteiger partial charge in [0, 0.05) is 50.6 Å². The Morgan fingerprint density at radius 1 is 1.12 bits per heavy atom. The summed E-state index contributed by atoms with van der Waals surface area (Å²) in [6.45, 7) is 3.05. The Bertz CT molecular complexity index is 950. The molecular weight excluding hydrogens is 414 g/mol. The number of ether oxygens (including phenoxy) is 2. The molecule has 1 saturated carbocycles. The van der Waals surface area contributed by atoms with Crippen LogP contribution in [0.15, 0.2) is 22.7 Å². The number of carbonyl (C=O) groups is 2. The standard InChI is InChI=1S/C22H29N5O5/c1-30-17-6-3-15(13-18(17)31-2)22-24-20(32-25-22)7-8-21(29)27-11-9-26(10-12-27)14-19(28)23-16-4-5-16/h3,6,13,16H,4-5,7-12,14H2,1-2H3,(H,23,28). The number of nitrogens with one attached hydrogen (secondary N) is 1. The fourth-order valence-corrected chi connectivity index (χ4v) is 3.68. The molecule has 0 radical (unpaired) electrons. The van der Waals surface area contributed by atoms with Gasteiger partial charge in [-0.3, -0.25) is 14.5 Å². The monoisotopic (exact) mass is 443 g/mol. The minimum Gasteiger partial charge on any atom is -0.493 e. The predicted molar refractivity (Wildman–Crippen MR) is 115 cm³/mol. The number of hydrogen-bond donors (Lipinski definition) is 1. The van der Waals surface area contributed by atoms with E-state index >= 15 is 0 Å². The topological polar surface area (TPSA) is 110 Å². The van der Waals surface area contributed by atoms with Gasteiger partial charge < -0.3 is 24.2 Å². The number of amides is 2. The number of carbonyl (C=O) groups excluding carboxylic acids is 2. The molecule has 0 atom stereocenters. The van der Waals surface area contributed by atoms with Crippen molar-refractivity contribution in [1.29, 1.82) is 0 Å². The number of rotatable bonds is 9. The van der Waals surface area contributed by atoms with E-state index in [0.29, 0.717) is 74.8 Å². The van der Waals surface area contributed by atoms with Crippen LogP contribution < -0.4 is 14.8 Å². The second kappa shape index (κ2) is 9.99. The van der Waals surface area contributed by atoms with Gasteiger partial charge in [-0.2, -0.15) is 4.98 Å². The molecule has 1 saturated heterocycles. The smallest absolute Gasteiger partial charge is 0.234 e. The Kier molecular flexibility index (Phi) is 6.89. The second-order valence-corrected chi connectivity index (χ2v) is 8.08. The highest BCUT2D eigenvalue weighted by atomic mass is 16.5. The van der Waals surface area contributed by atoms with Crippen molar-refractivity contribution in [2.24, 2.45) is 0 Å². The van der Waals surface area contributed by atoms with Crippen molar-refractivity contribution in [3.63, 3.8) is 0 Å². The quantitative estimate of drug-likeness (QED) is 0.614. The lowest BCUT2D eigenvalue weighted by Gasteiger charge is -2.34. The van der Waals surface area contributed by atoms with Crippen molar-refractivity contribution >= 4 is 11.8 Å². The van der Waals surface area contributed by atoms with E-state index < -0.39 is 0 Å². The Hall–Kier alpha value is -3.14. The van der Waals surface area contributed by atoms with Gasteiger partial charge in [0.1, 0.15) is 0 Å². The molecule has 2 heterocycles. The maximum atomic E-state index is 12.6. The van der Waals surface area contributed by atoms with E-state index in [1.807, 2.05) is 11.0 Å². The maximum Gasteiger partial charge on any atom is 0.234 e. The molecule has 10 nitrogen and oxygen atoms in total. The zero-order valence-corrected chi connectivity index (χ0v) is 18.5. The lowest BCUT2D eigenvalue weighted by atomic mass is 10.2. The molecule has 0 spiro atoms. The lowest BCUT2D eigenvalue weighted by Crippen LogP contribution is -2.51. The highest BCUT2D eigenvalue weighted by Gasteiger charge is 2.26. The molecule has 2 aromatic rings. The number of benzene rings is 1. The molecule has 1 N–H and O–H groups in total. The summed E-state index contributed by atoms with van der Waals surface area (Å²) in [6.07, 6.45) is 2.85. The van der Waals surface area contributed by atoms with Gasteiger partial charge in [-0.25, -0.2) is 0 Å². The first-order valence-electron chi connectivity index (χ1n) is 10.9. The molecule has 2 fully saturated rings. The minimum absolute atomic E-state index is 0.0537. The average Bonchev–Trinajstić information content (AvgIpc) is 3.50. The van der Waals surface area contributed by atoms with Crippen molar-refractivity contribution in [3.8, 4) is 22.9 Å². The van der Waals surface area contributed by atoms with Crippen molar-refractivity contribution in [2.75, 3.05) is 46.9 Å². The van der Waals surface area contributed by atoms with Gasteiger partial charge in [-0.05, 0) is 31.0 Å². The van der Waals surface area contributed by atoms with Crippen LogP contribution in [-0.2, 0) is 16.0 Å². The highest BCUT2D eigenvalue weighted by Crippen LogP contribution is 2.31. The van der Waals surface area contributed by atoms with Crippen LogP contribution in [0.2, 0.25) is 0 Å². The van der Waals surface area contributed by atoms with Crippen LogP contribution in [0.4, 0.5) is 0 Å². The molecule has 4 rings (SSSR count). The number of nitrogens with zero attached hydrogens (tertiary/aromatic N) is 4. The van der Waals surface area contributed by atoms with Gasteiger partial charge in [-0.15, -0.1) is 0 Å². The molecule has 1 aliphatic carbocycles. The molecular formula is C22H29N5O5. The lowest BCUT2D eigenvalue weighted by molar-refractivity contribution is -0.133. The summed E-state index contributed by atoms with van der Waals surface area (Å²) in [5.41, 5.74) is 0.742. The summed E-state index contributed by atoms with van der Waals surface area (Å²) in [5.74, 6) is 2.18. The predicted octanol–water partition coefficient (Wildman–Crippen LogP) is 1.11. The van der Waals surface area contributed by atoms with Gasteiger partial charge in [0.05, 0.1) is 20.8 Å². The zero-order chi connectivity index (χ0) is 22.5. The number of aromatic nitrogens is 2. The van der Waals surface area contributed by atoms with E-state index in [-0.39, 0.29) is 11.8 Å². The Morgan fingerprint density at radius 2 is 1.88 bits per heavy atom. The third kappa shape index (κ3) is 5.56. The summed E-state index contributed by atoms with van der Waals surface area (Å²) in [6, 6.07) is 5.76. The van der Waals surface area contributed by atoms with Crippen LogP contribution in [0.5, 0.6) is 11.5 Å². The van der Waals surface area contributed by atoms with E-state index in [1.165, 1.54) is 0 Å². The largest absolute Gasteiger partial charge is 0.493 e. The number of aryl methyl sites for hydroxylation is 1. The first-order chi connectivity index (χ1) is 15.6. The van der Waals surface area contributed by atoms with Crippen molar-refractivity contribution < 1.29 is 23.6 Å². The first-order valence-corrected chi connectivity index (χ1v) is 10.9. The molecule has 2 aliphatic rings. The molecule has 2 amide bonds. The second-order valence-electron chi connectivity index (χ2n) is 8.08. The van der Waals surface area contributed by atoms with Gasteiger partial charge in [0.2, 0.25) is 23.5 Å². The summed E-state index contributed by atoms with van der Waals surface area (Å²) in [7, 11) is 3.14. The van der Waals surface area contributed by atoms with Crippen LogP contribution in [-0.4, -0.2) is 84.7 Å². The third-order valence-electron chi connectivity index (χ3n) is 5.70. The third-order valence-corrected chi connectivity index (χ3v) is 5.70. The summed E-state index contributed by atoms with van der Waals surface area (Å²) < 4.78 is 15.9. The van der Waals surface area contributed by atoms with E-state index in [2.05, 4.69) is 20.4 Å². The molecule has 0 bridgehead atoms. The van der Waals surface area contributed by atoms with Crippen LogP contribution in [0, 0.1) is 0 Å². The molecule has 1 aliphatic heterocycles. The summed E-state index contributed by atoms with van der Waals surface area (Å²) in [4.78, 5) is 32.9. The fraction of sp³-hybridized carbons (Fsp3) is 0.545. The molecule has 32 heavy (non-hydrogen) atoms. The van der Waals surface area contributed by atoms with Crippen LogP contribution in [0.25, 0.3) is 11.4 Å². The normalized spacial score (nSPS) is 16.6. The fourth-order valence-electron chi connectivity index (χ4n) is 3.68. The SMILES string of the molecule is COc1ccc(-c2noc(CCC(=O)N3CCN(CC(=O)NC4CC4)CC3)n2)cc1OC. The van der Waals surface area contributed by atoms with Gasteiger partial charge in [0.15, 0.2) is 11.5 Å².